The van der Waals surface area contributed by atoms with Gasteiger partial charge in [-0.15, -0.1) is 0 Å². The zero-order valence-electron chi connectivity index (χ0n) is 11.6. The quantitative estimate of drug-likeness (QED) is 0.882. The number of aromatic nitrogens is 1. The standard InChI is InChI=1S/C16H24N2/c1-3-17-13-8-9-16(2,11-13)14-7-6-12-5-4-10-18-15(12)14/h4-5,10,13-14,17H,3,6-9,11H2,1-2H3. The van der Waals surface area contributed by atoms with Crippen LogP contribution in [0.5, 0.6) is 0 Å². The van der Waals surface area contributed by atoms with Crippen LogP contribution in [0.1, 0.15) is 56.7 Å². The molecule has 2 aliphatic carbocycles. The topological polar surface area (TPSA) is 24.9 Å². The van der Waals surface area contributed by atoms with Gasteiger partial charge < -0.3 is 5.32 Å². The SMILES string of the molecule is CCNC1CCC(C)(C2CCc3cccnc32)C1. The summed E-state index contributed by atoms with van der Waals surface area (Å²) in [4.78, 5) is 4.68. The Labute approximate surface area is 110 Å². The lowest BCUT2D eigenvalue weighted by Gasteiger charge is -2.31. The lowest BCUT2D eigenvalue weighted by Crippen LogP contribution is -2.29. The molecule has 1 saturated carbocycles. The summed E-state index contributed by atoms with van der Waals surface area (Å²) < 4.78 is 0. The van der Waals surface area contributed by atoms with Crippen molar-refractivity contribution in [1.29, 1.82) is 0 Å². The van der Waals surface area contributed by atoms with Crippen molar-refractivity contribution in [3.8, 4) is 0 Å². The molecule has 0 amide bonds. The molecule has 0 bridgehead atoms. The Balaban J connectivity index is 1.80. The van der Waals surface area contributed by atoms with Gasteiger partial charge in [-0.1, -0.05) is 19.9 Å². The molecule has 2 aliphatic rings. The van der Waals surface area contributed by atoms with Gasteiger partial charge in [0.2, 0.25) is 0 Å². The highest BCUT2D eigenvalue weighted by molar-refractivity contribution is 5.31. The van der Waals surface area contributed by atoms with Crippen molar-refractivity contribution >= 4 is 0 Å². The molecule has 0 radical (unpaired) electrons. The second-order valence-corrected chi connectivity index (χ2v) is 6.29. The summed E-state index contributed by atoms with van der Waals surface area (Å²) in [6.45, 7) is 5.79. The maximum absolute atomic E-state index is 4.68. The summed E-state index contributed by atoms with van der Waals surface area (Å²) in [6, 6.07) is 5.08. The molecule has 2 heteroatoms. The second-order valence-electron chi connectivity index (χ2n) is 6.29. The fraction of sp³-hybridized carbons (Fsp3) is 0.688. The highest BCUT2D eigenvalue weighted by atomic mass is 14.9. The molecule has 0 aromatic carbocycles. The number of nitrogens with one attached hydrogen (secondary N) is 1. The summed E-state index contributed by atoms with van der Waals surface area (Å²) in [5.74, 6) is 0.692. The van der Waals surface area contributed by atoms with Crippen LogP contribution in [0.15, 0.2) is 18.3 Å². The van der Waals surface area contributed by atoms with Crippen molar-refractivity contribution in [3.05, 3.63) is 29.6 Å². The van der Waals surface area contributed by atoms with E-state index >= 15 is 0 Å². The number of hydrogen-bond acceptors (Lipinski definition) is 2. The molecule has 3 rings (SSSR count). The third kappa shape index (κ3) is 1.97. The van der Waals surface area contributed by atoms with Crippen molar-refractivity contribution in [2.45, 2.75) is 57.9 Å². The van der Waals surface area contributed by atoms with E-state index in [-0.39, 0.29) is 0 Å². The first kappa shape index (κ1) is 12.2. The number of pyridine rings is 1. The second kappa shape index (κ2) is 4.65. The number of hydrogen-bond donors (Lipinski definition) is 1. The van der Waals surface area contributed by atoms with Crippen LogP contribution in [0.25, 0.3) is 0 Å². The fourth-order valence-corrected chi connectivity index (χ4v) is 4.14. The van der Waals surface area contributed by atoms with Gasteiger partial charge in [0.05, 0.1) is 0 Å². The Morgan fingerprint density at radius 2 is 2.33 bits per heavy atom. The van der Waals surface area contributed by atoms with Crippen LogP contribution in [-0.2, 0) is 6.42 Å². The molecule has 1 aromatic heterocycles. The Hall–Kier alpha value is -0.890. The number of fused-ring (bicyclic) bond motifs is 1. The smallest absolute Gasteiger partial charge is 0.0471 e. The van der Waals surface area contributed by atoms with Gasteiger partial charge in [-0.3, -0.25) is 4.98 Å². The summed E-state index contributed by atoms with van der Waals surface area (Å²) in [5, 5.41) is 3.63. The lowest BCUT2D eigenvalue weighted by molar-refractivity contribution is 0.249. The first-order valence-electron chi connectivity index (χ1n) is 7.40. The van der Waals surface area contributed by atoms with E-state index in [1.165, 1.54) is 43.4 Å². The van der Waals surface area contributed by atoms with Gasteiger partial charge in [-0.05, 0) is 55.7 Å². The normalized spacial score (nSPS) is 34.8. The molecule has 3 atom stereocenters. The van der Waals surface area contributed by atoms with Crippen molar-refractivity contribution in [1.82, 2.24) is 10.3 Å². The maximum Gasteiger partial charge on any atom is 0.0471 e. The van der Waals surface area contributed by atoms with E-state index in [4.69, 9.17) is 0 Å². The van der Waals surface area contributed by atoms with Gasteiger partial charge in [0.15, 0.2) is 0 Å². The number of nitrogens with zero attached hydrogens (tertiary/aromatic N) is 1. The van der Waals surface area contributed by atoms with Crippen molar-refractivity contribution in [2.24, 2.45) is 5.41 Å². The van der Waals surface area contributed by atoms with Crippen LogP contribution in [0.3, 0.4) is 0 Å². The van der Waals surface area contributed by atoms with Gasteiger partial charge in [-0.25, -0.2) is 0 Å². The highest BCUT2D eigenvalue weighted by Gasteiger charge is 2.44. The first-order valence-corrected chi connectivity index (χ1v) is 7.40. The Bertz CT molecular complexity index is 429. The fourth-order valence-electron chi connectivity index (χ4n) is 4.14. The van der Waals surface area contributed by atoms with Crippen LogP contribution in [0.4, 0.5) is 0 Å². The predicted octanol–water partition coefficient (Wildman–Crippen LogP) is 3.28. The monoisotopic (exact) mass is 244 g/mol. The minimum atomic E-state index is 0.465. The minimum Gasteiger partial charge on any atom is -0.314 e. The molecule has 1 N–H and O–H groups in total. The minimum absolute atomic E-state index is 0.465. The molecule has 0 aliphatic heterocycles. The molecule has 2 nitrogen and oxygen atoms in total. The summed E-state index contributed by atoms with van der Waals surface area (Å²) in [6.07, 6.45) is 8.52. The van der Waals surface area contributed by atoms with Crippen molar-refractivity contribution < 1.29 is 0 Å². The van der Waals surface area contributed by atoms with Crippen LogP contribution < -0.4 is 5.32 Å². The Kier molecular flexibility index (Phi) is 3.14. The lowest BCUT2D eigenvalue weighted by atomic mass is 9.74. The molecule has 0 saturated heterocycles. The van der Waals surface area contributed by atoms with E-state index in [0.717, 1.165) is 12.6 Å². The largest absolute Gasteiger partial charge is 0.314 e. The van der Waals surface area contributed by atoms with E-state index < -0.39 is 0 Å². The molecule has 0 spiro atoms. The van der Waals surface area contributed by atoms with E-state index in [1.807, 2.05) is 6.20 Å². The average molecular weight is 244 g/mol. The van der Waals surface area contributed by atoms with Gasteiger partial charge in [0.25, 0.3) is 0 Å². The van der Waals surface area contributed by atoms with Crippen LogP contribution in [-0.4, -0.2) is 17.6 Å². The first-order chi connectivity index (χ1) is 8.73. The van der Waals surface area contributed by atoms with Crippen LogP contribution >= 0.6 is 0 Å². The van der Waals surface area contributed by atoms with Crippen LogP contribution in [0, 0.1) is 5.41 Å². The molecule has 1 aromatic rings. The van der Waals surface area contributed by atoms with Gasteiger partial charge in [0, 0.05) is 23.9 Å². The van der Waals surface area contributed by atoms with Crippen molar-refractivity contribution in [3.63, 3.8) is 0 Å². The molecule has 18 heavy (non-hydrogen) atoms. The van der Waals surface area contributed by atoms with E-state index in [1.54, 1.807) is 0 Å². The van der Waals surface area contributed by atoms with E-state index in [9.17, 15) is 0 Å². The summed E-state index contributed by atoms with van der Waals surface area (Å²) in [7, 11) is 0. The molecular weight excluding hydrogens is 220 g/mol. The van der Waals surface area contributed by atoms with Gasteiger partial charge >= 0.3 is 0 Å². The summed E-state index contributed by atoms with van der Waals surface area (Å²) in [5.41, 5.74) is 3.36. The zero-order chi connectivity index (χ0) is 12.6. The van der Waals surface area contributed by atoms with Crippen molar-refractivity contribution in [2.75, 3.05) is 6.54 Å². The molecular formula is C16H24N2. The number of rotatable bonds is 3. The predicted molar refractivity (Wildman–Crippen MR) is 74.7 cm³/mol. The molecule has 98 valence electrons. The average Bonchev–Trinajstić information content (AvgIpc) is 2.95. The number of aryl methyl sites for hydroxylation is 1. The third-order valence-corrected chi connectivity index (χ3v) is 5.07. The third-order valence-electron chi connectivity index (χ3n) is 5.07. The summed E-state index contributed by atoms with van der Waals surface area (Å²) >= 11 is 0. The molecule has 1 fully saturated rings. The Morgan fingerprint density at radius 3 is 3.17 bits per heavy atom. The highest BCUT2D eigenvalue weighted by Crippen LogP contribution is 2.52. The Morgan fingerprint density at radius 1 is 1.44 bits per heavy atom. The van der Waals surface area contributed by atoms with E-state index in [0.29, 0.717) is 11.3 Å². The molecule has 3 unspecified atom stereocenters. The van der Waals surface area contributed by atoms with Crippen LogP contribution in [0.2, 0.25) is 0 Å². The molecule has 1 heterocycles. The maximum atomic E-state index is 4.68. The van der Waals surface area contributed by atoms with Gasteiger partial charge in [0.1, 0.15) is 0 Å². The van der Waals surface area contributed by atoms with Gasteiger partial charge in [-0.2, -0.15) is 0 Å². The van der Waals surface area contributed by atoms with E-state index in [2.05, 4.69) is 36.3 Å². The zero-order valence-corrected chi connectivity index (χ0v) is 11.6.